The van der Waals surface area contributed by atoms with Crippen LogP contribution in [0.1, 0.15) is 34.5 Å². The Morgan fingerprint density at radius 3 is 2.41 bits per heavy atom. The van der Waals surface area contributed by atoms with Crippen molar-refractivity contribution in [3.05, 3.63) is 94.8 Å². The molecule has 164 valence electrons. The average Bonchev–Trinajstić information content (AvgIpc) is 2.92. The van der Waals surface area contributed by atoms with Gasteiger partial charge >= 0.3 is 0 Å². The van der Waals surface area contributed by atoms with E-state index >= 15 is 0 Å². The molecular weight excluding hydrogens is 421 g/mol. The highest BCUT2D eigenvalue weighted by Gasteiger charge is 2.27. The van der Waals surface area contributed by atoms with Gasteiger partial charge in [-0.05, 0) is 55.0 Å². The van der Waals surface area contributed by atoms with Gasteiger partial charge in [-0.25, -0.2) is 13.2 Å². The van der Waals surface area contributed by atoms with E-state index < -0.39 is 23.1 Å². The second-order valence-electron chi connectivity index (χ2n) is 7.41. The number of rotatable bonds is 4. The Morgan fingerprint density at radius 1 is 1.03 bits per heavy atom. The van der Waals surface area contributed by atoms with Crippen LogP contribution in [0.2, 0.25) is 0 Å². The maximum Gasteiger partial charge on any atom is 0.261 e. The molecule has 8 heteroatoms. The van der Waals surface area contributed by atoms with E-state index in [0.717, 1.165) is 17.7 Å². The van der Waals surface area contributed by atoms with Crippen LogP contribution in [0.3, 0.4) is 0 Å². The van der Waals surface area contributed by atoms with E-state index in [9.17, 15) is 22.8 Å². The average molecular weight is 440 g/mol. The molecule has 0 spiro atoms. The van der Waals surface area contributed by atoms with Gasteiger partial charge in [0.05, 0.1) is 12.6 Å². The lowest BCUT2D eigenvalue weighted by atomic mass is 10.1. The summed E-state index contributed by atoms with van der Waals surface area (Å²) in [5.74, 6) is -3.03. The zero-order chi connectivity index (χ0) is 22.8. The normalized spacial score (nSPS) is 14.2. The molecule has 0 radical (unpaired) electrons. The first kappa shape index (κ1) is 21.4. The summed E-state index contributed by atoms with van der Waals surface area (Å²) in [6.07, 6.45) is 0. The number of benzene rings is 3. The van der Waals surface area contributed by atoms with Crippen molar-refractivity contribution in [2.24, 2.45) is 0 Å². The molecule has 4 rings (SSSR count). The molecule has 1 N–H and O–H groups in total. The number of hydrogen-bond donors (Lipinski definition) is 1. The predicted molar refractivity (Wildman–Crippen MR) is 112 cm³/mol. The minimum absolute atomic E-state index is 0.171. The molecule has 3 aromatic rings. The van der Waals surface area contributed by atoms with Gasteiger partial charge in [0.1, 0.15) is 28.8 Å². The maximum atomic E-state index is 13.9. The van der Waals surface area contributed by atoms with Crippen molar-refractivity contribution >= 4 is 17.5 Å². The lowest BCUT2D eigenvalue weighted by molar-refractivity contribution is -0.135. The minimum atomic E-state index is -0.967. The van der Waals surface area contributed by atoms with Gasteiger partial charge in [-0.3, -0.25) is 9.59 Å². The van der Waals surface area contributed by atoms with E-state index in [-0.39, 0.29) is 30.9 Å². The third-order valence-electron chi connectivity index (χ3n) is 5.34. The number of nitrogens with zero attached hydrogens (tertiary/aromatic N) is 1. The van der Waals surface area contributed by atoms with E-state index in [2.05, 4.69) is 5.32 Å². The summed E-state index contributed by atoms with van der Waals surface area (Å²) < 4.78 is 46.7. The Labute approximate surface area is 182 Å². The van der Waals surface area contributed by atoms with Crippen LogP contribution in [0.15, 0.2) is 60.7 Å². The van der Waals surface area contributed by atoms with Crippen molar-refractivity contribution in [3.8, 4) is 5.75 Å². The van der Waals surface area contributed by atoms with Crippen molar-refractivity contribution in [1.82, 2.24) is 4.90 Å². The van der Waals surface area contributed by atoms with Gasteiger partial charge in [-0.15, -0.1) is 0 Å². The van der Waals surface area contributed by atoms with E-state index in [1.165, 1.54) is 24.3 Å². The Morgan fingerprint density at radius 2 is 1.72 bits per heavy atom. The van der Waals surface area contributed by atoms with Crippen LogP contribution >= 0.6 is 0 Å². The molecule has 3 aromatic carbocycles. The highest BCUT2D eigenvalue weighted by molar-refractivity contribution is 6.04. The molecular formula is C24H19F3N2O3. The number of halogens is 3. The second kappa shape index (κ2) is 8.74. The number of ether oxygens (including phenoxy) is 1. The van der Waals surface area contributed by atoms with E-state index in [0.29, 0.717) is 17.0 Å². The molecule has 2 amide bonds. The van der Waals surface area contributed by atoms with Crippen LogP contribution in [0.5, 0.6) is 5.75 Å². The number of fused-ring (bicyclic) bond motifs is 1. The van der Waals surface area contributed by atoms with E-state index in [1.54, 1.807) is 29.2 Å². The Bertz CT molecular complexity index is 1160. The number of amides is 2. The van der Waals surface area contributed by atoms with Gasteiger partial charge in [0.15, 0.2) is 6.61 Å². The fraction of sp³-hybridized carbons (Fsp3) is 0.167. The molecule has 5 nitrogen and oxygen atoms in total. The summed E-state index contributed by atoms with van der Waals surface area (Å²) in [5, 5.41) is 2.48. The van der Waals surface area contributed by atoms with Gasteiger partial charge in [-0.1, -0.05) is 18.2 Å². The highest BCUT2D eigenvalue weighted by Crippen LogP contribution is 2.31. The fourth-order valence-corrected chi connectivity index (χ4v) is 3.60. The number of hydrogen-bond acceptors (Lipinski definition) is 3. The summed E-state index contributed by atoms with van der Waals surface area (Å²) in [6, 6.07) is 13.4. The first-order chi connectivity index (χ1) is 15.3. The van der Waals surface area contributed by atoms with Crippen LogP contribution in [-0.4, -0.2) is 23.3 Å². The fourth-order valence-electron chi connectivity index (χ4n) is 3.60. The molecule has 0 saturated carbocycles. The number of carbonyl (C=O) groups excluding carboxylic acids is 2. The molecule has 1 aliphatic rings. The quantitative estimate of drug-likeness (QED) is 0.632. The monoisotopic (exact) mass is 440 g/mol. The topological polar surface area (TPSA) is 58.6 Å². The van der Waals surface area contributed by atoms with Crippen LogP contribution in [0, 0.1) is 17.5 Å². The molecule has 0 bridgehead atoms. The van der Waals surface area contributed by atoms with Gasteiger partial charge < -0.3 is 15.0 Å². The minimum Gasteiger partial charge on any atom is -0.483 e. The molecule has 1 atom stereocenters. The lowest BCUT2D eigenvalue weighted by Gasteiger charge is -2.28. The SMILES string of the molecule is CC(c1ccc(F)cc1)N1Cc2cc(NC(=O)c3c(F)cccc3F)ccc2OCC1=O. The number of anilines is 1. The summed E-state index contributed by atoms with van der Waals surface area (Å²) in [5.41, 5.74) is 0.975. The lowest BCUT2D eigenvalue weighted by Crippen LogP contribution is -2.34. The molecule has 32 heavy (non-hydrogen) atoms. The van der Waals surface area contributed by atoms with Gasteiger partial charge in [0.2, 0.25) is 0 Å². The first-order valence-corrected chi connectivity index (χ1v) is 9.89. The van der Waals surface area contributed by atoms with Gasteiger partial charge in [0, 0.05) is 11.3 Å². The molecule has 1 unspecified atom stereocenters. The third-order valence-corrected chi connectivity index (χ3v) is 5.34. The molecule has 1 heterocycles. The Balaban J connectivity index is 1.59. The van der Waals surface area contributed by atoms with Crippen molar-refractivity contribution in [2.45, 2.75) is 19.5 Å². The van der Waals surface area contributed by atoms with Crippen molar-refractivity contribution < 1.29 is 27.5 Å². The van der Waals surface area contributed by atoms with Crippen molar-refractivity contribution in [1.29, 1.82) is 0 Å². The molecule has 0 saturated heterocycles. The smallest absolute Gasteiger partial charge is 0.261 e. The molecule has 1 aliphatic heterocycles. The van der Waals surface area contributed by atoms with E-state index in [4.69, 9.17) is 4.74 Å². The van der Waals surface area contributed by atoms with Crippen LogP contribution in [-0.2, 0) is 11.3 Å². The van der Waals surface area contributed by atoms with Crippen molar-refractivity contribution in [2.75, 3.05) is 11.9 Å². The number of carbonyl (C=O) groups is 2. The molecule has 0 aromatic heterocycles. The summed E-state index contributed by atoms with van der Waals surface area (Å²) in [7, 11) is 0. The standard InChI is InChI=1S/C24H19F3N2O3/c1-14(15-5-7-17(25)8-6-15)29-12-16-11-18(9-10-21(16)32-13-22(29)30)28-24(31)23-19(26)3-2-4-20(23)27/h2-11,14H,12-13H2,1H3,(H,28,31). The second-order valence-corrected chi connectivity index (χ2v) is 7.41. The molecule has 0 aliphatic carbocycles. The first-order valence-electron chi connectivity index (χ1n) is 9.89. The third kappa shape index (κ3) is 4.30. The van der Waals surface area contributed by atoms with Gasteiger partial charge in [-0.2, -0.15) is 0 Å². The molecule has 0 fully saturated rings. The largest absolute Gasteiger partial charge is 0.483 e. The van der Waals surface area contributed by atoms with Crippen molar-refractivity contribution in [3.63, 3.8) is 0 Å². The van der Waals surface area contributed by atoms with E-state index in [1.807, 2.05) is 6.92 Å². The van der Waals surface area contributed by atoms with Crippen LogP contribution < -0.4 is 10.1 Å². The number of nitrogens with one attached hydrogen (secondary N) is 1. The van der Waals surface area contributed by atoms with Crippen LogP contribution in [0.25, 0.3) is 0 Å². The Hall–Kier alpha value is -3.81. The highest BCUT2D eigenvalue weighted by atomic mass is 19.1. The zero-order valence-electron chi connectivity index (χ0n) is 17.1. The summed E-state index contributed by atoms with van der Waals surface area (Å²) >= 11 is 0. The van der Waals surface area contributed by atoms with Gasteiger partial charge in [0.25, 0.3) is 11.8 Å². The predicted octanol–water partition coefficient (Wildman–Crippen LogP) is 4.84. The van der Waals surface area contributed by atoms with Crippen LogP contribution in [0.4, 0.5) is 18.9 Å². The summed E-state index contributed by atoms with van der Waals surface area (Å²) in [4.78, 5) is 26.7. The Kier molecular flexibility index (Phi) is 5.85. The zero-order valence-corrected chi connectivity index (χ0v) is 17.1. The summed E-state index contributed by atoms with van der Waals surface area (Å²) in [6.45, 7) is 1.82. The maximum absolute atomic E-state index is 13.9.